The highest BCUT2D eigenvalue weighted by molar-refractivity contribution is 9.11. The molecule has 0 fully saturated rings. The lowest BCUT2D eigenvalue weighted by Gasteiger charge is -2.35. The second kappa shape index (κ2) is 7.14. The van der Waals surface area contributed by atoms with E-state index < -0.39 is 0 Å². The fourth-order valence-electron chi connectivity index (χ4n) is 2.01. The summed E-state index contributed by atoms with van der Waals surface area (Å²) in [5.41, 5.74) is 6.18. The third-order valence-corrected chi connectivity index (χ3v) is 4.41. The average Bonchev–Trinajstić information content (AvgIpc) is 2.36. The van der Waals surface area contributed by atoms with Crippen molar-refractivity contribution in [1.82, 2.24) is 0 Å². The molecule has 0 aliphatic heterocycles. The third-order valence-electron chi connectivity index (χ3n) is 3.17. The first-order valence-electron chi connectivity index (χ1n) is 6.66. The van der Waals surface area contributed by atoms with Gasteiger partial charge in [-0.25, -0.2) is 0 Å². The highest BCUT2D eigenvalue weighted by Crippen LogP contribution is 2.38. The van der Waals surface area contributed by atoms with Crippen LogP contribution in [0.2, 0.25) is 0 Å². The lowest BCUT2D eigenvalue weighted by Crippen LogP contribution is -2.47. The molecule has 0 heterocycles. The number of methoxy groups -OCH3 is 1. The van der Waals surface area contributed by atoms with Gasteiger partial charge in [-0.2, -0.15) is 0 Å². The number of ether oxygens (including phenoxy) is 2. The molecule has 0 aliphatic rings. The summed E-state index contributed by atoms with van der Waals surface area (Å²) in [4.78, 5) is 0. The Bertz CT molecular complexity index is 458. The topological polar surface area (TPSA) is 44.5 Å². The molecule has 2 N–H and O–H groups in total. The fourth-order valence-corrected chi connectivity index (χ4v) is 2.91. The van der Waals surface area contributed by atoms with Gasteiger partial charge in [0.15, 0.2) is 0 Å². The van der Waals surface area contributed by atoms with Crippen molar-refractivity contribution in [3.63, 3.8) is 0 Å². The Morgan fingerprint density at radius 2 is 1.65 bits per heavy atom. The Labute approximate surface area is 138 Å². The van der Waals surface area contributed by atoms with Gasteiger partial charge in [-0.3, -0.25) is 0 Å². The molecule has 0 spiro atoms. The van der Waals surface area contributed by atoms with Gasteiger partial charge in [0.25, 0.3) is 0 Å². The molecule has 0 bridgehead atoms. The second-order valence-electron chi connectivity index (χ2n) is 5.89. The van der Waals surface area contributed by atoms with Gasteiger partial charge in [-0.15, -0.1) is 0 Å². The standard InChI is InChI=1S/C15H23Br2NO2/c1-6-11(18)14(15(2,3)4)20-13-8-9(16)12(19-5)7-10(13)17/h7-8,11,14H,6,18H2,1-5H3. The van der Waals surface area contributed by atoms with Crippen LogP contribution in [0.25, 0.3) is 0 Å². The summed E-state index contributed by atoms with van der Waals surface area (Å²) < 4.78 is 13.2. The van der Waals surface area contributed by atoms with Crippen molar-refractivity contribution in [2.75, 3.05) is 7.11 Å². The van der Waals surface area contributed by atoms with Crippen molar-refractivity contribution < 1.29 is 9.47 Å². The summed E-state index contributed by atoms with van der Waals surface area (Å²) in [6.07, 6.45) is 0.806. The van der Waals surface area contributed by atoms with Crippen molar-refractivity contribution in [2.45, 2.75) is 46.3 Å². The van der Waals surface area contributed by atoms with E-state index in [2.05, 4.69) is 59.6 Å². The van der Waals surface area contributed by atoms with E-state index in [0.29, 0.717) is 0 Å². The van der Waals surface area contributed by atoms with E-state index in [1.54, 1.807) is 7.11 Å². The van der Waals surface area contributed by atoms with Crippen LogP contribution in [0.1, 0.15) is 34.1 Å². The molecule has 0 radical (unpaired) electrons. The van der Waals surface area contributed by atoms with Gasteiger partial charge >= 0.3 is 0 Å². The lowest BCUT2D eigenvalue weighted by atomic mass is 9.84. The molecular weight excluding hydrogens is 386 g/mol. The normalized spacial score (nSPS) is 14.8. The van der Waals surface area contributed by atoms with Crippen molar-refractivity contribution in [3.8, 4) is 11.5 Å². The Kier molecular flexibility index (Phi) is 6.35. The number of nitrogens with two attached hydrogens (primary N) is 1. The van der Waals surface area contributed by atoms with Crippen LogP contribution in [0, 0.1) is 5.41 Å². The number of benzene rings is 1. The second-order valence-corrected chi connectivity index (χ2v) is 7.60. The fraction of sp³-hybridized carbons (Fsp3) is 0.600. The lowest BCUT2D eigenvalue weighted by molar-refractivity contribution is 0.0614. The van der Waals surface area contributed by atoms with Crippen LogP contribution >= 0.6 is 31.9 Å². The van der Waals surface area contributed by atoms with Gasteiger partial charge in [0.1, 0.15) is 17.6 Å². The Hall–Kier alpha value is -0.260. The molecule has 0 aliphatic carbocycles. The summed E-state index contributed by atoms with van der Waals surface area (Å²) in [6, 6.07) is 3.78. The predicted octanol–water partition coefficient (Wildman–Crippen LogP) is 4.75. The number of rotatable bonds is 5. The van der Waals surface area contributed by atoms with Crippen LogP contribution in [0.15, 0.2) is 21.1 Å². The molecule has 114 valence electrons. The Morgan fingerprint density at radius 1 is 1.15 bits per heavy atom. The van der Waals surface area contributed by atoms with Crippen LogP contribution in [0.5, 0.6) is 11.5 Å². The molecule has 0 aromatic heterocycles. The molecule has 1 aromatic rings. The highest BCUT2D eigenvalue weighted by atomic mass is 79.9. The van der Waals surface area contributed by atoms with Gasteiger partial charge in [0.05, 0.1) is 16.1 Å². The Balaban J connectivity index is 3.09. The van der Waals surface area contributed by atoms with E-state index in [1.807, 2.05) is 12.1 Å². The minimum atomic E-state index is -0.0657. The van der Waals surface area contributed by atoms with Crippen LogP contribution < -0.4 is 15.2 Å². The summed E-state index contributed by atoms with van der Waals surface area (Å²) in [7, 11) is 1.64. The van der Waals surface area contributed by atoms with E-state index >= 15 is 0 Å². The van der Waals surface area contributed by atoms with Crippen molar-refractivity contribution in [3.05, 3.63) is 21.1 Å². The maximum absolute atomic E-state index is 6.22. The number of hydrogen-bond acceptors (Lipinski definition) is 3. The first-order chi connectivity index (χ1) is 9.20. The molecule has 20 heavy (non-hydrogen) atoms. The van der Waals surface area contributed by atoms with Crippen LogP contribution in [0.3, 0.4) is 0 Å². The van der Waals surface area contributed by atoms with Crippen LogP contribution in [0.4, 0.5) is 0 Å². The SMILES string of the molecule is CCC(N)C(Oc1cc(Br)c(OC)cc1Br)C(C)(C)C. The van der Waals surface area contributed by atoms with Crippen LogP contribution in [-0.2, 0) is 0 Å². The summed E-state index contributed by atoms with van der Waals surface area (Å²) in [5.74, 6) is 1.53. The smallest absolute Gasteiger partial charge is 0.135 e. The van der Waals surface area contributed by atoms with Crippen molar-refractivity contribution in [1.29, 1.82) is 0 Å². The minimum absolute atomic E-state index is 0.0113. The summed E-state index contributed by atoms with van der Waals surface area (Å²) >= 11 is 7.00. The minimum Gasteiger partial charge on any atom is -0.496 e. The Morgan fingerprint density at radius 3 is 2.10 bits per heavy atom. The zero-order chi connectivity index (χ0) is 15.5. The molecule has 1 rings (SSSR count). The zero-order valence-electron chi connectivity index (χ0n) is 12.7. The predicted molar refractivity (Wildman–Crippen MR) is 90.5 cm³/mol. The molecule has 1 aromatic carbocycles. The maximum Gasteiger partial charge on any atom is 0.135 e. The van der Waals surface area contributed by atoms with E-state index in [1.165, 1.54) is 0 Å². The molecule has 0 saturated carbocycles. The van der Waals surface area contributed by atoms with E-state index in [0.717, 1.165) is 26.9 Å². The molecule has 0 amide bonds. The zero-order valence-corrected chi connectivity index (χ0v) is 15.8. The number of hydrogen-bond donors (Lipinski definition) is 1. The largest absolute Gasteiger partial charge is 0.496 e. The molecule has 0 saturated heterocycles. The summed E-state index contributed by atoms with van der Waals surface area (Å²) in [5, 5.41) is 0. The van der Waals surface area contributed by atoms with Gasteiger partial charge < -0.3 is 15.2 Å². The van der Waals surface area contributed by atoms with Crippen molar-refractivity contribution in [2.24, 2.45) is 11.1 Å². The molecule has 2 unspecified atom stereocenters. The van der Waals surface area contributed by atoms with Gasteiger partial charge in [-0.05, 0) is 50.4 Å². The monoisotopic (exact) mass is 407 g/mol. The van der Waals surface area contributed by atoms with Gasteiger partial charge in [0, 0.05) is 11.5 Å². The summed E-state index contributed by atoms with van der Waals surface area (Å²) in [6.45, 7) is 8.49. The molecular formula is C15H23Br2NO2. The average molecular weight is 409 g/mol. The molecule has 3 nitrogen and oxygen atoms in total. The van der Waals surface area contributed by atoms with Crippen molar-refractivity contribution >= 4 is 31.9 Å². The first-order valence-corrected chi connectivity index (χ1v) is 8.24. The molecule has 5 heteroatoms. The third kappa shape index (κ3) is 4.37. The van der Waals surface area contributed by atoms with E-state index in [4.69, 9.17) is 15.2 Å². The first kappa shape index (κ1) is 17.8. The maximum atomic E-state index is 6.22. The van der Waals surface area contributed by atoms with Gasteiger partial charge in [0.2, 0.25) is 0 Å². The van der Waals surface area contributed by atoms with E-state index in [-0.39, 0.29) is 17.6 Å². The quantitative estimate of drug-likeness (QED) is 0.764. The highest BCUT2D eigenvalue weighted by Gasteiger charge is 2.32. The number of halogens is 2. The van der Waals surface area contributed by atoms with Gasteiger partial charge in [-0.1, -0.05) is 27.7 Å². The van der Waals surface area contributed by atoms with E-state index in [9.17, 15) is 0 Å². The van der Waals surface area contributed by atoms with Crippen LogP contribution in [-0.4, -0.2) is 19.3 Å². The molecule has 2 atom stereocenters.